The van der Waals surface area contributed by atoms with Crippen LogP contribution in [0.2, 0.25) is 0 Å². The lowest BCUT2D eigenvalue weighted by Crippen LogP contribution is -2.41. The van der Waals surface area contributed by atoms with Crippen LogP contribution in [0.5, 0.6) is 5.75 Å². The lowest BCUT2D eigenvalue weighted by Gasteiger charge is -2.31. The SMILES string of the molecule is CO[C@@H]1C[C@H](C(=O)NCc2cccc(OCc3ccccc3)c2)CC[C@@H]1O. The molecule has 1 amide bonds. The van der Waals surface area contributed by atoms with Crippen molar-refractivity contribution in [2.24, 2.45) is 5.92 Å². The zero-order chi connectivity index (χ0) is 19.1. The highest BCUT2D eigenvalue weighted by Crippen LogP contribution is 2.26. The van der Waals surface area contributed by atoms with E-state index in [1.165, 1.54) is 0 Å². The summed E-state index contributed by atoms with van der Waals surface area (Å²) < 4.78 is 11.1. The van der Waals surface area contributed by atoms with Crippen molar-refractivity contribution in [2.45, 2.75) is 44.6 Å². The maximum atomic E-state index is 12.5. The molecule has 3 atom stereocenters. The number of aliphatic hydroxyl groups is 1. The molecule has 0 radical (unpaired) electrons. The Morgan fingerprint density at radius 2 is 1.89 bits per heavy atom. The summed E-state index contributed by atoms with van der Waals surface area (Å²) in [5.74, 6) is 0.682. The lowest BCUT2D eigenvalue weighted by atomic mass is 9.84. The van der Waals surface area contributed by atoms with Crippen LogP contribution in [0.1, 0.15) is 30.4 Å². The Morgan fingerprint density at radius 3 is 2.67 bits per heavy atom. The van der Waals surface area contributed by atoms with Gasteiger partial charge in [-0.25, -0.2) is 0 Å². The number of hydrogen-bond acceptors (Lipinski definition) is 4. The van der Waals surface area contributed by atoms with Crippen molar-refractivity contribution < 1.29 is 19.4 Å². The average Bonchev–Trinajstić information content (AvgIpc) is 2.72. The van der Waals surface area contributed by atoms with E-state index in [0.29, 0.717) is 32.4 Å². The first kappa shape index (κ1) is 19.4. The van der Waals surface area contributed by atoms with Gasteiger partial charge in [-0.1, -0.05) is 42.5 Å². The molecule has 0 unspecified atom stereocenters. The summed E-state index contributed by atoms with van der Waals surface area (Å²) in [6.45, 7) is 0.970. The Morgan fingerprint density at radius 1 is 1.11 bits per heavy atom. The number of carbonyl (C=O) groups is 1. The maximum Gasteiger partial charge on any atom is 0.223 e. The first-order chi connectivity index (χ1) is 13.2. The van der Waals surface area contributed by atoms with Crippen molar-refractivity contribution in [3.8, 4) is 5.75 Å². The van der Waals surface area contributed by atoms with Gasteiger partial charge in [0.05, 0.1) is 12.2 Å². The zero-order valence-corrected chi connectivity index (χ0v) is 15.6. The molecule has 0 aromatic heterocycles. The summed E-state index contributed by atoms with van der Waals surface area (Å²) in [6.07, 6.45) is 1.11. The second kappa shape index (κ2) is 9.53. The smallest absolute Gasteiger partial charge is 0.223 e. The highest BCUT2D eigenvalue weighted by molar-refractivity contribution is 5.78. The first-order valence-corrected chi connectivity index (χ1v) is 9.40. The van der Waals surface area contributed by atoms with E-state index in [4.69, 9.17) is 9.47 Å². The summed E-state index contributed by atoms with van der Waals surface area (Å²) in [7, 11) is 1.58. The van der Waals surface area contributed by atoms with Gasteiger partial charge in [0.2, 0.25) is 5.91 Å². The van der Waals surface area contributed by atoms with Crippen LogP contribution in [0, 0.1) is 5.92 Å². The summed E-state index contributed by atoms with van der Waals surface area (Å²) >= 11 is 0. The monoisotopic (exact) mass is 369 g/mol. The standard InChI is InChI=1S/C22H27NO4/c1-26-21-13-18(10-11-20(21)24)22(25)23-14-17-8-5-9-19(12-17)27-15-16-6-3-2-4-7-16/h2-9,12,18,20-21,24H,10-11,13-15H2,1H3,(H,23,25)/t18-,20+,21-/m1/s1. The van der Waals surface area contributed by atoms with E-state index < -0.39 is 6.10 Å². The molecule has 5 nitrogen and oxygen atoms in total. The Kier molecular flexibility index (Phi) is 6.85. The molecule has 2 N–H and O–H groups in total. The number of nitrogens with one attached hydrogen (secondary N) is 1. The fourth-order valence-corrected chi connectivity index (χ4v) is 3.42. The predicted molar refractivity (Wildman–Crippen MR) is 103 cm³/mol. The number of rotatable bonds is 7. The quantitative estimate of drug-likeness (QED) is 0.787. The van der Waals surface area contributed by atoms with E-state index in [1.54, 1.807) is 7.11 Å². The second-order valence-electron chi connectivity index (χ2n) is 6.99. The number of amides is 1. The van der Waals surface area contributed by atoms with Crippen molar-refractivity contribution >= 4 is 5.91 Å². The van der Waals surface area contributed by atoms with E-state index >= 15 is 0 Å². The van der Waals surface area contributed by atoms with Gasteiger partial charge in [0.1, 0.15) is 12.4 Å². The van der Waals surface area contributed by atoms with Gasteiger partial charge in [0.15, 0.2) is 0 Å². The molecule has 0 aliphatic heterocycles. The predicted octanol–water partition coefficient (Wildman–Crippen LogP) is 3.06. The van der Waals surface area contributed by atoms with Gasteiger partial charge in [0, 0.05) is 19.6 Å². The highest BCUT2D eigenvalue weighted by atomic mass is 16.5. The third-order valence-electron chi connectivity index (χ3n) is 5.04. The molecule has 0 spiro atoms. The summed E-state index contributed by atoms with van der Waals surface area (Å²) in [5, 5.41) is 12.9. The molecule has 2 aromatic carbocycles. The molecule has 1 aliphatic carbocycles. The minimum Gasteiger partial charge on any atom is -0.489 e. The van der Waals surface area contributed by atoms with E-state index in [-0.39, 0.29) is 17.9 Å². The van der Waals surface area contributed by atoms with Crippen molar-refractivity contribution in [3.05, 3.63) is 65.7 Å². The minimum atomic E-state index is -0.475. The number of benzene rings is 2. The molecule has 0 bridgehead atoms. The molecule has 1 aliphatic rings. The maximum absolute atomic E-state index is 12.5. The molecule has 2 aromatic rings. The van der Waals surface area contributed by atoms with Crippen molar-refractivity contribution in [1.82, 2.24) is 5.32 Å². The van der Waals surface area contributed by atoms with Gasteiger partial charge < -0.3 is 19.9 Å². The van der Waals surface area contributed by atoms with Gasteiger partial charge in [-0.15, -0.1) is 0 Å². The topological polar surface area (TPSA) is 67.8 Å². The Hall–Kier alpha value is -2.37. The molecule has 144 valence electrons. The molecular weight excluding hydrogens is 342 g/mol. The van der Waals surface area contributed by atoms with Crippen LogP contribution in [-0.4, -0.2) is 30.3 Å². The minimum absolute atomic E-state index is 0.0135. The molecular formula is C22H27NO4. The number of carbonyl (C=O) groups excluding carboxylic acids is 1. The first-order valence-electron chi connectivity index (χ1n) is 9.40. The molecule has 3 rings (SSSR count). The van der Waals surface area contributed by atoms with Gasteiger partial charge in [-0.3, -0.25) is 4.79 Å². The number of methoxy groups -OCH3 is 1. The molecule has 27 heavy (non-hydrogen) atoms. The Labute approximate surface area is 160 Å². The summed E-state index contributed by atoms with van der Waals surface area (Å²) in [4.78, 5) is 12.5. The largest absolute Gasteiger partial charge is 0.489 e. The number of aliphatic hydroxyl groups excluding tert-OH is 1. The normalized spacial score (nSPS) is 22.2. The fourth-order valence-electron chi connectivity index (χ4n) is 3.42. The fraction of sp³-hybridized carbons (Fsp3) is 0.409. The number of ether oxygens (including phenoxy) is 2. The van der Waals surface area contributed by atoms with Crippen LogP contribution in [-0.2, 0) is 22.7 Å². The van der Waals surface area contributed by atoms with Crippen molar-refractivity contribution in [2.75, 3.05) is 7.11 Å². The van der Waals surface area contributed by atoms with Crippen LogP contribution in [0.4, 0.5) is 0 Å². The Balaban J connectivity index is 1.50. The summed E-state index contributed by atoms with van der Waals surface area (Å²) in [6, 6.07) is 17.8. The van der Waals surface area contributed by atoms with Gasteiger partial charge in [-0.05, 0) is 42.5 Å². The zero-order valence-electron chi connectivity index (χ0n) is 15.6. The average molecular weight is 369 g/mol. The molecule has 1 fully saturated rings. The van der Waals surface area contributed by atoms with Crippen LogP contribution in [0.15, 0.2) is 54.6 Å². The number of hydrogen-bond donors (Lipinski definition) is 2. The third kappa shape index (κ3) is 5.55. The van der Waals surface area contributed by atoms with Crippen LogP contribution in [0.25, 0.3) is 0 Å². The molecule has 0 saturated heterocycles. The third-order valence-corrected chi connectivity index (χ3v) is 5.04. The van der Waals surface area contributed by atoms with Crippen LogP contribution < -0.4 is 10.1 Å². The molecule has 0 heterocycles. The van der Waals surface area contributed by atoms with Gasteiger partial charge >= 0.3 is 0 Å². The van der Waals surface area contributed by atoms with Crippen LogP contribution in [0.3, 0.4) is 0 Å². The van der Waals surface area contributed by atoms with E-state index in [9.17, 15) is 9.90 Å². The van der Waals surface area contributed by atoms with Gasteiger partial charge in [0.25, 0.3) is 0 Å². The highest BCUT2D eigenvalue weighted by Gasteiger charge is 2.32. The van der Waals surface area contributed by atoms with Crippen LogP contribution >= 0.6 is 0 Å². The Bertz CT molecular complexity index is 734. The van der Waals surface area contributed by atoms with Gasteiger partial charge in [-0.2, -0.15) is 0 Å². The second-order valence-corrected chi connectivity index (χ2v) is 6.99. The van der Waals surface area contributed by atoms with E-state index in [2.05, 4.69) is 5.32 Å². The van der Waals surface area contributed by atoms with E-state index in [1.807, 2.05) is 54.6 Å². The molecule has 5 heteroatoms. The van der Waals surface area contributed by atoms with E-state index in [0.717, 1.165) is 16.9 Å². The molecule has 1 saturated carbocycles. The van der Waals surface area contributed by atoms with Crippen molar-refractivity contribution in [1.29, 1.82) is 0 Å². The summed E-state index contributed by atoms with van der Waals surface area (Å²) in [5.41, 5.74) is 2.11. The van der Waals surface area contributed by atoms with Crippen molar-refractivity contribution in [3.63, 3.8) is 0 Å². The lowest BCUT2D eigenvalue weighted by molar-refractivity contribution is -0.130.